The Morgan fingerprint density at radius 2 is 1.58 bits per heavy atom. The number of carbonyl (C=O) groups is 5. The number of aliphatic carboxylic acids is 2. The molecule has 0 aliphatic carbocycles. The van der Waals surface area contributed by atoms with Crippen molar-refractivity contribution in [3.05, 3.63) is 54.1 Å². The van der Waals surface area contributed by atoms with Crippen molar-refractivity contribution in [2.75, 3.05) is 0 Å². The van der Waals surface area contributed by atoms with Crippen LogP contribution in [0.1, 0.15) is 37.9 Å². The number of carbonyl (C=O) groups excluding carboxylic acids is 3. The van der Waals surface area contributed by atoms with Crippen molar-refractivity contribution in [3.63, 3.8) is 0 Å². The summed E-state index contributed by atoms with van der Waals surface area (Å²) < 4.78 is 0. The average Bonchev–Trinajstić information content (AvgIpc) is 3.38. The Balaban J connectivity index is 2.19. The molecule has 0 fully saturated rings. The van der Waals surface area contributed by atoms with E-state index < -0.39 is 59.7 Å². The predicted octanol–water partition coefficient (Wildman–Crippen LogP) is -0.418. The van der Waals surface area contributed by atoms with Gasteiger partial charge in [-0.1, -0.05) is 44.2 Å². The van der Waals surface area contributed by atoms with Crippen LogP contribution < -0.4 is 21.7 Å². The van der Waals surface area contributed by atoms with Gasteiger partial charge in [-0.25, -0.2) is 9.78 Å². The molecule has 13 nitrogen and oxygen atoms in total. The number of nitrogens with zero attached hydrogens (tertiary/aromatic N) is 1. The van der Waals surface area contributed by atoms with E-state index in [-0.39, 0.29) is 25.7 Å². The fourth-order valence-electron chi connectivity index (χ4n) is 3.61. The molecule has 1 aromatic heterocycles. The standard InChI is InChI=1S/C25H34N6O7/c1-14(2)21(31-22(34)17(26)8-9-20(32)33)24(36)29-18(10-15-6-4-3-5-7-15)23(35)30-19(25(37)38)11-16-12-27-13-28-16/h3-7,12-14,17-19,21H,8-11,26H2,1-2H3,(H,27,28)(H,29,36)(H,30,35)(H,31,34)(H,32,33)(H,37,38). The number of hydrogen-bond acceptors (Lipinski definition) is 7. The van der Waals surface area contributed by atoms with E-state index in [0.717, 1.165) is 0 Å². The van der Waals surface area contributed by atoms with Gasteiger partial charge in [-0.05, 0) is 17.9 Å². The van der Waals surface area contributed by atoms with E-state index in [1.807, 2.05) is 0 Å². The second-order valence-electron chi connectivity index (χ2n) is 9.20. The van der Waals surface area contributed by atoms with Gasteiger partial charge < -0.3 is 36.9 Å². The first kappa shape index (κ1) is 30.0. The van der Waals surface area contributed by atoms with E-state index in [1.165, 1.54) is 12.5 Å². The first-order valence-corrected chi connectivity index (χ1v) is 12.1. The highest BCUT2D eigenvalue weighted by Gasteiger charge is 2.32. The molecule has 2 aromatic rings. The SMILES string of the molecule is CC(C)C(NC(=O)C(N)CCC(=O)O)C(=O)NC(Cc1ccccc1)C(=O)NC(Cc1cnc[nH]1)C(=O)O. The smallest absolute Gasteiger partial charge is 0.326 e. The summed E-state index contributed by atoms with van der Waals surface area (Å²) in [5.41, 5.74) is 6.99. The Bertz CT molecular complexity index is 1090. The maximum atomic E-state index is 13.2. The highest BCUT2D eigenvalue weighted by atomic mass is 16.4. The monoisotopic (exact) mass is 530 g/mol. The van der Waals surface area contributed by atoms with Gasteiger partial charge in [0.25, 0.3) is 0 Å². The molecule has 4 unspecified atom stereocenters. The zero-order valence-corrected chi connectivity index (χ0v) is 21.2. The van der Waals surface area contributed by atoms with Crippen LogP contribution in [-0.4, -0.2) is 74.0 Å². The van der Waals surface area contributed by atoms with Crippen LogP contribution >= 0.6 is 0 Å². The lowest BCUT2D eigenvalue weighted by Crippen LogP contribution is -2.59. The molecule has 3 amide bonds. The fourth-order valence-corrected chi connectivity index (χ4v) is 3.61. The molecule has 0 aliphatic rings. The molecule has 2 rings (SSSR count). The molecule has 0 saturated carbocycles. The van der Waals surface area contributed by atoms with E-state index in [2.05, 4.69) is 25.9 Å². The van der Waals surface area contributed by atoms with Crippen molar-refractivity contribution in [2.24, 2.45) is 11.7 Å². The van der Waals surface area contributed by atoms with E-state index in [0.29, 0.717) is 11.3 Å². The number of hydrogen-bond donors (Lipinski definition) is 7. The van der Waals surface area contributed by atoms with Gasteiger partial charge in [0.2, 0.25) is 17.7 Å². The summed E-state index contributed by atoms with van der Waals surface area (Å²) in [4.78, 5) is 68.2. The molecule has 0 spiro atoms. The molecule has 206 valence electrons. The molecule has 38 heavy (non-hydrogen) atoms. The number of aromatic nitrogens is 2. The van der Waals surface area contributed by atoms with Crippen molar-refractivity contribution in [1.82, 2.24) is 25.9 Å². The Hall–Kier alpha value is -4.26. The minimum absolute atomic E-state index is 0.0496. The van der Waals surface area contributed by atoms with Gasteiger partial charge in [0.1, 0.15) is 18.1 Å². The Kier molecular flexibility index (Phi) is 11.4. The summed E-state index contributed by atoms with van der Waals surface area (Å²) in [6.45, 7) is 3.37. The van der Waals surface area contributed by atoms with Crippen molar-refractivity contribution < 1.29 is 34.2 Å². The highest BCUT2D eigenvalue weighted by Crippen LogP contribution is 2.09. The fraction of sp³-hybridized carbons (Fsp3) is 0.440. The van der Waals surface area contributed by atoms with Gasteiger partial charge in [-0.15, -0.1) is 0 Å². The summed E-state index contributed by atoms with van der Waals surface area (Å²) in [5.74, 6) is -4.86. The van der Waals surface area contributed by atoms with Gasteiger partial charge in [0.05, 0.1) is 12.4 Å². The van der Waals surface area contributed by atoms with Crippen LogP contribution in [0.3, 0.4) is 0 Å². The number of carboxylic acid groups (broad SMARTS) is 2. The van der Waals surface area contributed by atoms with E-state index in [1.54, 1.807) is 44.2 Å². The van der Waals surface area contributed by atoms with Gasteiger partial charge in [0, 0.05) is 31.2 Å². The summed E-state index contributed by atoms with van der Waals surface area (Å²) in [6.07, 6.45) is 2.43. The third-order valence-corrected chi connectivity index (χ3v) is 5.76. The van der Waals surface area contributed by atoms with Crippen LogP contribution in [-0.2, 0) is 36.8 Å². The Morgan fingerprint density at radius 3 is 2.13 bits per heavy atom. The Labute approximate surface area is 219 Å². The predicted molar refractivity (Wildman–Crippen MR) is 136 cm³/mol. The molecule has 0 bridgehead atoms. The van der Waals surface area contributed by atoms with Crippen LogP contribution in [0, 0.1) is 5.92 Å². The van der Waals surface area contributed by atoms with E-state index in [4.69, 9.17) is 10.8 Å². The second-order valence-corrected chi connectivity index (χ2v) is 9.20. The van der Waals surface area contributed by atoms with E-state index in [9.17, 15) is 29.1 Å². The van der Waals surface area contributed by atoms with Crippen molar-refractivity contribution in [3.8, 4) is 0 Å². The minimum atomic E-state index is -1.29. The lowest BCUT2D eigenvalue weighted by atomic mass is 10.00. The zero-order valence-electron chi connectivity index (χ0n) is 21.2. The topological polar surface area (TPSA) is 217 Å². The van der Waals surface area contributed by atoms with Crippen molar-refractivity contribution in [2.45, 2.75) is 63.7 Å². The number of nitrogens with one attached hydrogen (secondary N) is 4. The number of carboxylic acids is 2. The molecule has 1 heterocycles. The zero-order chi connectivity index (χ0) is 28.2. The minimum Gasteiger partial charge on any atom is -0.481 e. The quantitative estimate of drug-likeness (QED) is 0.159. The summed E-state index contributed by atoms with van der Waals surface area (Å²) >= 11 is 0. The molecule has 1 aromatic carbocycles. The van der Waals surface area contributed by atoms with Crippen LogP contribution in [0.25, 0.3) is 0 Å². The van der Waals surface area contributed by atoms with Gasteiger partial charge in [-0.2, -0.15) is 0 Å². The summed E-state index contributed by atoms with van der Waals surface area (Å²) in [6, 6.07) is 4.18. The van der Waals surface area contributed by atoms with E-state index >= 15 is 0 Å². The number of rotatable bonds is 15. The molecule has 13 heteroatoms. The number of amides is 3. The normalized spacial score (nSPS) is 14.1. The largest absolute Gasteiger partial charge is 0.481 e. The first-order valence-electron chi connectivity index (χ1n) is 12.1. The van der Waals surface area contributed by atoms with Crippen LogP contribution in [0.2, 0.25) is 0 Å². The number of aromatic amines is 1. The third kappa shape index (κ3) is 9.65. The molecule has 8 N–H and O–H groups in total. The van der Waals surface area contributed by atoms with Crippen LogP contribution in [0.4, 0.5) is 0 Å². The van der Waals surface area contributed by atoms with Crippen molar-refractivity contribution >= 4 is 29.7 Å². The molecular formula is C25H34N6O7. The average molecular weight is 531 g/mol. The lowest BCUT2D eigenvalue weighted by Gasteiger charge is -2.27. The van der Waals surface area contributed by atoms with Crippen molar-refractivity contribution in [1.29, 1.82) is 0 Å². The molecule has 0 radical (unpaired) electrons. The molecule has 0 aliphatic heterocycles. The van der Waals surface area contributed by atoms with Gasteiger partial charge in [0.15, 0.2) is 0 Å². The number of nitrogens with two attached hydrogens (primary N) is 1. The van der Waals surface area contributed by atoms with Gasteiger partial charge in [-0.3, -0.25) is 19.2 Å². The molecule has 0 saturated heterocycles. The number of benzene rings is 1. The Morgan fingerprint density at radius 1 is 0.921 bits per heavy atom. The summed E-state index contributed by atoms with van der Waals surface area (Å²) in [5, 5.41) is 26.1. The third-order valence-electron chi connectivity index (χ3n) is 5.76. The second kappa shape index (κ2) is 14.5. The van der Waals surface area contributed by atoms with Gasteiger partial charge >= 0.3 is 11.9 Å². The highest BCUT2D eigenvalue weighted by molar-refractivity contribution is 5.94. The molecular weight excluding hydrogens is 496 g/mol. The van der Waals surface area contributed by atoms with Crippen LogP contribution in [0.15, 0.2) is 42.9 Å². The molecule has 4 atom stereocenters. The van der Waals surface area contributed by atoms with Crippen LogP contribution in [0.5, 0.6) is 0 Å². The maximum absolute atomic E-state index is 13.2. The summed E-state index contributed by atoms with van der Waals surface area (Å²) in [7, 11) is 0. The first-order chi connectivity index (χ1) is 18.0. The lowest BCUT2D eigenvalue weighted by molar-refractivity contribution is -0.142. The number of imidazole rings is 1. The number of H-pyrrole nitrogens is 1. The maximum Gasteiger partial charge on any atom is 0.326 e.